The second-order valence-corrected chi connectivity index (χ2v) is 4.95. The van der Waals surface area contributed by atoms with Crippen LogP contribution in [0.2, 0.25) is 4.34 Å². The van der Waals surface area contributed by atoms with E-state index in [4.69, 9.17) is 11.6 Å². The molecule has 0 atom stereocenters. The molecule has 0 aliphatic heterocycles. The Labute approximate surface area is 93.3 Å². The molecule has 0 bridgehead atoms. The molecule has 0 amide bonds. The Bertz CT molecular complexity index is 416. The van der Waals surface area contributed by atoms with Crippen molar-refractivity contribution in [3.05, 3.63) is 26.5 Å². The average Bonchev–Trinajstić information content (AvgIpc) is 2.60. The number of hydrogen-bond acceptors (Lipinski definition) is 2. The Morgan fingerprint density at radius 1 is 1.62 bits per heavy atom. The van der Waals surface area contributed by atoms with Gasteiger partial charge in [0.15, 0.2) is 0 Å². The SMILES string of the molecule is Cn1ncc(Br)c1-c1ccsc1Cl. The fraction of sp³-hybridized carbons (Fsp3) is 0.125. The van der Waals surface area contributed by atoms with Crippen LogP contribution in [0.3, 0.4) is 0 Å². The van der Waals surface area contributed by atoms with Crippen LogP contribution in [0.4, 0.5) is 0 Å². The summed E-state index contributed by atoms with van der Waals surface area (Å²) in [5.74, 6) is 0. The number of thiophene rings is 1. The highest BCUT2D eigenvalue weighted by Gasteiger charge is 2.12. The van der Waals surface area contributed by atoms with Gasteiger partial charge in [-0.15, -0.1) is 11.3 Å². The Kier molecular flexibility index (Phi) is 2.45. The van der Waals surface area contributed by atoms with Crippen molar-refractivity contribution in [2.24, 2.45) is 7.05 Å². The van der Waals surface area contributed by atoms with Crippen LogP contribution in [0.5, 0.6) is 0 Å². The molecule has 2 aromatic heterocycles. The van der Waals surface area contributed by atoms with Crippen molar-refractivity contribution in [1.82, 2.24) is 9.78 Å². The van der Waals surface area contributed by atoms with Crippen molar-refractivity contribution in [2.45, 2.75) is 0 Å². The third kappa shape index (κ3) is 1.54. The Hall–Kier alpha value is -0.320. The second kappa shape index (κ2) is 3.44. The van der Waals surface area contributed by atoms with Crippen molar-refractivity contribution >= 4 is 38.9 Å². The molecule has 0 aromatic carbocycles. The van der Waals surface area contributed by atoms with E-state index in [2.05, 4.69) is 21.0 Å². The van der Waals surface area contributed by atoms with Gasteiger partial charge in [0.2, 0.25) is 0 Å². The summed E-state index contributed by atoms with van der Waals surface area (Å²) in [6, 6.07) is 1.99. The average molecular weight is 278 g/mol. The molecule has 5 heteroatoms. The van der Waals surface area contributed by atoms with Crippen LogP contribution >= 0.6 is 38.9 Å². The molecular formula is C8H6BrClN2S. The van der Waals surface area contributed by atoms with Gasteiger partial charge < -0.3 is 0 Å². The molecule has 0 N–H and O–H groups in total. The molecule has 0 saturated carbocycles. The first-order valence-corrected chi connectivity index (χ1v) is 5.66. The van der Waals surface area contributed by atoms with Gasteiger partial charge in [-0.1, -0.05) is 11.6 Å². The summed E-state index contributed by atoms with van der Waals surface area (Å²) in [7, 11) is 1.90. The van der Waals surface area contributed by atoms with Crippen LogP contribution in [0.1, 0.15) is 0 Å². The molecule has 2 rings (SSSR count). The van der Waals surface area contributed by atoms with Crippen LogP contribution in [0.25, 0.3) is 11.3 Å². The third-order valence-electron chi connectivity index (χ3n) is 1.77. The van der Waals surface area contributed by atoms with Crippen LogP contribution in [0, 0.1) is 0 Å². The number of rotatable bonds is 1. The monoisotopic (exact) mass is 276 g/mol. The van der Waals surface area contributed by atoms with Gasteiger partial charge in [-0.05, 0) is 27.4 Å². The zero-order chi connectivity index (χ0) is 9.42. The fourth-order valence-corrected chi connectivity index (χ4v) is 2.66. The van der Waals surface area contributed by atoms with Gasteiger partial charge >= 0.3 is 0 Å². The number of aromatic nitrogens is 2. The van der Waals surface area contributed by atoms with Gasteiger partial charge in [-0.25, -0.2) is 0 Å². The first-order chi connectivity index (χ1) is 6.20. The lowest BCUT2D eigenvalue weighted by molar-refractivity contribution is 0.776. The van der Waals surface area contributed by atoms with Crippen LogP contribution in [-0.2, 0) is 7.05 Å². The molecule has 0 aliphatic carbocycles. The van der Waals surface area contributed by atoms with Gasteiger partial charge in [-0.3, -0.25) is 4.68 Å². The van der Waals surface area contributed by atoms with Crippen LogP contribution < -0.4 is 0 Å². The largest absolute Gasteiger partial charge is 0.267 e. The number of halogens is 2. The highest BCUT2D eigenvalue weighted by atomic mass is 79.9. The number of aryl methyl sites for hydroxylation is 1. The van der Waals surface area contributed by atoms with E-state index >= 15 is 0 Å². The smallest absolute Gasteiger partial charge is 0.102 e. The van der Waals surface area contributed by atoms with Gasteiger partial charge in [0.25, 0.3) is 0 Å². The highest BCUT2D eigenvalue weighted by molar-refractivity contribution is 9.10. The molecule has 0 spiro atoms. The minimum atomic E-state index is 0.796. The van der Waals surface area contributed by atoms with E-state index in [0.717, 1.165) is 20.1 Å². The fourth-order valence-electron chi connectivity index (χ4n) is 1.18. The molecular weight excluding hydrogens is 272 g/mol. The van der Waals surface area contributed by atoms with Crippen molar-refractivity contribution in [1.29, 1.82) is 0 Å². The molecule has 2 nitrogen and oxygen atoms in total. The molecule has 2 aromatic rings. The van der Waals surface area contributed by atoms with Gasteiger partial charge in [-0.2, -0.15) is 5.10 Å². The Morgan fingerprint density at radius 3 is 2.85 bits per heavy atom. The van der Waals surface area contributed by atoms with Gasteiger partial charge in [0.1, 0.15) is 4.34 Å². The molecule has 68 valence electrons. The molecule has 0 aliphatic rings. The maximum absolute atomic E-state index is 6.03. The molecule has 0 saturated heterocycles. The molecule has 0 radical (unpaired) electrons. The Morgan fingerprint density at radius 2 is 2.38 bits per heavy atom. The maximum Gasteiger partial charge on any atom is 0.102 e. The van der Waals surface area contributed by atoms with Crippen LogP contribution in [-0.4, -0.2) is 9.78 Å². The lowest BCUT2D eigenvalue weighted by Gasteiger charge is -2.00. The van der Waals surface area contributed by atoms with Gasteiger partial charge in [0, 0.05) is 12.6 Å². The third-order valence-corrected chi connectivity index (χ3v) is 3.52. The summed E-state index contributed by atoms with van der Waals surface area (Å²) in [6.45, 7) is 0. The summed E-state index contributed by atoms with van der Waals surface area (Å²) >= 11 is 11.0. The number of hydrogen-bond donors (Lipinski definition) is 0. The minimum Gasteiger partial charge on any atom is -0.267 e. The summed E-state index contributed by atoms with van der Waals surface area (Å²) in [5, 5.41) is 6.10. The predicted octanol–water partition coefficient (Wildman–Crippen LogP) is 3.56. The van der Waals surface area contributed by atoms with Crippen molar-refractivity contribution in [3.63, 3.8) is 0 Å². The van der Waals surface area contributed by atoms with E-state index in [-0.39, 0.29) is 0 Å². The highest BCUT2D eigenvalue weighted by Crippen LogP contribution is 2.35. The molecule has 0 fully saturated rings. The first kappa shape index (κ1) is 9.24. The molecule has 13 heavy (non-hydrogen) atoms. The minimum absolute atomic E-state index is 0.796. The lowest BCUT2D eigenvalue weighted by atomic mass is 10.2. The predicted molar refractivity (Wildman–Crippen MR) is 59.2 cm³/mol. The van der Waals surface area contributed by atoms with E-state index in [1.807, 2.05) is 18.5 Å². The summed E-state index contributed by atoms with van der Waals surface area (Å²) < 4.78 is 3.57. The maximum atomic E-state index is 6.03. The second-order valence-electron chi connectivity index (χ2n) is 2.57. The first-order valence-electron chi connectivity index (χ1n) is 3.61. The van der Waals surface area contributed by atoms with E-state index in [1.165, 1.54) is 11.3 Å². The zero-order valence-corrected chi connectivity index (χ0v) is 9.95. The van der Waals surface area contributed by atoms with Crippen LogP contribution in [0.15, 0.2) is 22.1 Å². The van der Waals surface area contributed by atoms with Crippen molar-refractivity contribution in [3.8, 4) is 11.3 Å². The molecule has 2 heterocycles. The number of nitrogens with zero attached hydrogens (tertiary/aromatic N) is 2. The van der Waals surface area contributed by atoms with E-state index in [9.17, 15) is 0 Å². The van der Waals surface area contributed by atoms with E-state index < -0.39 is 0 Å². The summed E-state index contributed by atoms with van der Waals surface area (Å²) in [5.41, 5.74) is 2.05. The molecule has 0 unspecified atom stereocenters. The Balaban J connectivity index is 2.64. The van der Waals surface area contributed by atoms with Crippen molar-refractivity contribution in [2.75, 3.05) is 0 Å². The summed E-state index contributed by atoms with van der Waals surface area (Å²) in [6.07, 6.45) is 1.77. The quantitative estimate of drug-likeness (QED) is 0.779. The standard InChI is InChI=1S/C8H6BrClN2S/c1-12-7(6(9)4-11-12)5-2-3-13-8(5)10/h2-4H,1H3. The van der Waals surface area contributed by atoms with E-state index in [0.29, 0.717) is 0 Å². The topological polar surface area (TPSA) is 17.8 Å². The normalized spacial score (nSPS) is 10.7. The zero-order valence-electron chi connectivity index (χ0n) is 6.79. The van der Waals surface area contributed by atoms with Crippen molar-refractivity contribution < 1.29 is 0 Å². The summed E-state index contributed by atoms with van der Waals surface area (Å²) in [4.78, 5) is 0. The van der Waals surface area contributed by atoms with E-state index in [1.54, 1.807) is 10.9 Å². The lowest BCUT2D eigenvalue weighted by Crippen LogP contribution is -1.92. The van der Waals surface area contributed by atoms with Gasteiger partial charge in [0.05, 0.1) is 16.4 Å².